The Morgan fingerprint density at radius 3 is 2.34 bits per heavy atom. The molecule has 0 spiro atoms. The minimum atomic E-state index is -0.280. The topological polar surface area (TPSA) is 75.6 Å². The van der Waals surface area contributed by atoms with Gasteiger partial charge in [-0.3, -0.25) is 0 Å². The smallest absolute Gasteiger partial charge is 0.410 e. The molecule has 0 bridgehead atoms. The summed E-state index contributed by atoms with van der Waals surface area (Å²) in [6, 6.07) is 17.6. The van der Waals surface area contributed by atoms with Gasteiger partial charge in [-0.15, -0.1) is 0 Å². The summed E-state index contributed by atoms with van der Waals surface area (Å²) in [6.45, 7) is 2.80. The van der Waals surface area contributed by atoms with E-state index in [1.165, 1.54) is 12.1 Å². The second kappa shape index (κ2) is 11.9. The molecule has 0 aliphatic carbocycles. The number of hydrogen-bond donors (Lipinski definition) is 1. The van der Waals surface area contributed by atoms with Gasteiger partial charge in [0.15, 0.2) is 5.82 Å². The van der Waals surface area contributed by atoms with E-state index in [-0.39, 0.29) is 30.7 Å². The predicted octanol–water partition coefficient (Wildman–Crippen LogP) is 5.01. The number of benzene rings is 2. The van der Waals surface area contributed by atoms with E-state index in [2.05, 4.69) is 9.97 Å². The first-order chi connectivity index (χ1) is 15.6. The minimum Gasteiger partial charge on any atom is -0.446 e. The third-order valence-corrected chi connectivity index (χ3v) is 5.30. The lowest BCUT2D eigenvalue weighted by Crippen LogP contribution is -2.43. The molecule has 1 aromatic heterocycles. The van der Waals surface area contributed by atoms with Crippen molar-refractivity contribution in [3.63, 3.8) is 0 Å². The minimum absolute atomic E-state index is 0.0583. The van der Waals surface area contributed by atoms with Gasteiger partial charge in [0.05, 0.1) is 6.04 Å². The molecule has 1 aliphatic rings. The van der Waals surface area contributed by atoms with E-state index in [0.717, 1.165) is 24.0 Å². The van der Waals surface area contributed by atoms with E-state index in [4.69, 9.17) is 9.84 Å². The molecule has 2 atom stereocenters. The summed E-state index contributed by atoms with van der Waals surface area (Å²) in [6.07, 6.45) is 5.25. The second-order valence-corrected chi connectivity index (χ2v) is 7.52. The van der Waals surface area contributed by atoms with Crippen LogP contribution in [-0.2, 0) is 4.74 Å². The lowest BCUT2D eigenvalue weighted by Gasteiger charge is -2.35. The molecule has 2 aromatic carbocycles. The normalized spacial score (nSPS) is 16.5. The van der Waals surface area contributed by atoms with Gasteiger partial charge in [0, 0.05) is 37.5 Å². The number of aromatic nitrogens is 2. The number of carbonyl (C=O) groups is 1. The van der Waals surface area contributed by atoms with Crippen molar-refractivity contribution in [1.82, 2.24) is 14.9 Å². The number of aliphatic hydroxyl groups is 1. The van der Waals surface area contributed by atoms with Gasteiger partial charge in [-0.1, -0.05) is 42.5 Å². The Morgan fingerprint density at radius 1 is 1.09 bits per heavy atom. The van der Waals surface area contributed by atoms with Crippen LogP contribution in [0.4, 0.5) is 9.18 Å². The van der Waals surface area contributed by atoms with Crippen LogP contribution >= 0.6 is 0 Å². The molecule has 4 rings (SSSR count). The zero-order valence-electron chi connectivity index (χ0n) is 18.1. The highest BCUT2D eigenvalue weighted by Crippen LogP contribution is 2.27. The number of cyclic esters (lactones) is 1. The summed E-state index contributed by atoms with van der Waals surface area (Å²) in [4.78, 5) is 22.5. The maximum Gasteiger partial charge on any atom is 0.410 e. The predicted molar refractivity (Wildman–Crippen MR) is 120 cm³/mol. The van der Waals surface area contributed by atoms with Crippen molar-refractivity contribution in [3.05, 3.63) is 84.4 Å². The first kappa shape index (κ1) is 23.3. The molecule has 2 heterocycles. The highest BCUT2D eigenvalue weighted by atomic mass is 19.1. The van der Waals surface area contributed by atoms with Crippen molar-refractivity contribution in [2.45, 2.75) is 38.3 Å². The van der Waals surface area contributed by atoms with Crippen LogP contribution in [0.1, 0.15) is 37.8 Å². The molecule has 0 radical (unpaired) electrons. The van der Waals surface area contributed by atoms with E-state index in [9.17, 15) is 9.18 Å². The van der Waals surface area contributed by atoms with Crippen LogP contribution in [0.3, 0.4) is 0 Å². The molecule has 0 saturated carbocycles. The molecule has 3 aromatic rings. The van der Waals surface area contributed by atoms with Gasteiger partial charge in [-0.2, -0.15) is 0 Å². The summed E-state index contributed by atoms with van der Waals surface area (Å²) in [5, 5.41) is 8.90. The quantitative estimate of drug-likeness (QED) is 0.586. The third kappa shape index (κ3) is 6.59. The van der Waals surface area contributed by atoms with E-state index in [1.54, 1.807) is 41.6 Å². The number of amides is 1. The second-order valence-electron chi connectivity index (χ2n) is 7.52. The summed E-state index contributed by atoms with van der Waals surface area (Å²) < 4.78 is 17.4. The molecule has 6 nitrogen and oxygen atoms in total. The van der Waals surface area contributed by atoms with Crippen LogP contribution in [0, 0.1) is 5.82 Å². The van der Waals surface area contributed by atoms with Gasteiger partial charge in [0.25, 0.3) is 0 Å². The maximum absolute atomic E-state index is 12.3. The SMILES string of the molecule is CC(c1ccc(-c2ncccn2)cc1)N1CCC(CCCO)OC1=O.Fc1ccccc1. The van der Waals surface area contributed by atoms with Crippen molar-refractivity contribution in [3.8, 4) is 11.4 Å². The van der Waals surface area contributed by atoms with Gasteiger partial charge in [-0.25, -0.2) is 19.2 Å². The van der Waals surface area contributed by atoms with Gasteiger partial charge in [-0.05, 0) is 43.5 Å². The number of carbonyl (C=O) groups excluding carboxylic acids is 1. The molecule has 1 amide bonds. The molecular weight excluding hydrogens is 409 g/mol. The number of ether oxygens (including phenoxy) is 1. The lowest BCUT2D eigenvalue weighted by atomic mass is 10.0. The van der Waals surface area contributed by atoms with Crippen LogP contribution in [0.2, 0.25) is 0 Å². The zero-order valence-corrected chi connectivity index (χ0v) is 18.1. The summed E-state index contributed by atoms with van der Waals surface area (Å²) in [7, 11) is 0. The Kier molecular flexibility index (Phi) is 8.69. The van der Waals surface area contributed by atoms with Gasteiger partial charge < -0.3 is 14.7 Å². The maximum atomic E-state index is 12.3. The molecule has 168 valence electrons. The standard InChI is InChI=1S/C19H23N3O3.C6H5F/c1-14(22-12-9-17(4-2-13-23)25-19(22)24)15-5-7-16(8-6-15)18-20-10-3-11-21-18;7-6-4-2-1-3-5-6/h3,5-8,10-11,14,17,23H,2,4,9,12-13H2,1H3;1-5H. The van der Waals surface area contributed by atoms with Crippen LogP contribution in [0.5, 0.6) is 0 Å². The molecule has 1 fully saturated rings. The van der Waals surface area contributed by atoms with E-state index >= 15 is 0 Å². The third-order valence-electron chi connectivity index (χ3n) is 5.30. The first-order valence-corrected chi connectivity index (χ1v) is 10.7. The zero-order chi connectivity index (χ0) is 22.8. The number of rotatable bonds is 6. The number of nitrogens with zero attached hydrogens (tertiary/aromatic N) is 3. The van der Waals surface area contributed by atoms with E-state index < -0.39 is 0 Å². The number of halogens is 1. The van der Waals surface area contributed by atoms with Crippen molar-refractivity contribution >= 4 is 6.09 Å². The Bertz CT molecular complexity index is 955. The Labute approximate surface area is 187 Å². The fourth-order valence-electron chi connectivity index (χ4n) is 3.47. The molecule has 1 aliphatic heterocycles. The van der Waals surface area contributed by atoms with Crippen molar-refractivity contribution in [2.24, 2.45) is 0 Å². The summed E-state index contributed by atoms with van der Waals surface area (Å²) >= 11 is 0. The molecule has 7 heteroatoms. The lowest BCUT2D eigenvalue weighted by molar-refractivity contribution is 0.00760. The fraction of sp³-hybridized carbons (Fsp3) is 0.320. The molecule has 32 heavy (non-hydrogen) atoms. The number of aliphatic hydroxyl groups excluding tert-OH is 1. The van der Waals surface area contributed by atoms with Crippen molar-refractivity contribution in [1.29, 1.82) is 0 Å². The largest absolute Gasteiger partial charge is 0.446 e. The van der Waals surface area contributed by atoms with Crippen LogP contribution < -0.4 is 0 Å². The molecule has 1 saturated heterocycles. The first-order valence-electron chi connectivity index (χ1n) is 10.7. The monoisotopic (exact) mass is 437 g/mol. The number of hydrogen-bond acceptors (Lipinski definition) is 5. The van der Waals surface area contributed by atoms with Crippen LogP contribution in [-0.4, -0.2) is 45.3 Å². The van der Waals surface area contributed by atoms with Crippen LogP contribution in [0.25, 0.3) is 11.4 Å². The Morgan fingerprint density at radius 2 is 1.78 bits per heavy atom. The van der Waals surface area contributed by atoms with Crippen molar-refractivity contribution in [2.75, 3.05) is 13.2 Å². The Hall–Kier alpha value is -3.32. The highest BCUT2D eigenvalue weighted by Gasteiger charge is 2.30. The van der Waals surface area contributed by atoms with E-state index in [1.807, 2.05) is 31.2 Å². The van der Waals surface area contributed by atoms with Crippen molar-refractivity contribution < 1.29 is 19.0 Å². The summed E-state index contributed by atoms with van der Waals surface area (Å²) in [5.74, 6) is 0.508. The van der Waals surface area contributed by atoms with Gasteiger partial charge in [0.1, 0.15) is 11.9 Å². The van der Waals surface area contributed by atoms with E-state index in [0.29, 0.717) is 18.8 Å². The molecular formula is C25H28FN3O3. The van der Waals surface area contributed by atoms with Gasteiger partial charge >= 0.3 is 6.09 Å². The molecule has 2 unspecified atom stereocenters. The average Bonchev–Trinajstić information content (AvgIpc) is 2.84. The van der Waals surface area contributed by atoms with Crippen LogP contribution in [0.15, 0.2) is 73.1 Å². The Balaban J connectivity index is 0.000000352. The highest BCUT2D eigenvalue weighted by molar-refractivity contribution is 5.69. The average molecular weight is 438 g/mol. The summed E-state index contributed by atoms with van der Waals surface area (Å²) in [5.41, 5.74) is 1.99. The molecule has 1 N–H and O–H groups in total. The van der Waals surface area contributed by atoms with Gasteiger partial charge in [0.2, 0.25) is 0 Å². The fourth-order valence-corrected chi connectivity index (χ4v) is 3.47.